The molecule has 2 heterocycles. The van der Waals surface area contributed by atoms with Crippen LogP contribution in [0.15, 0.2) is 12.1 Å². The minimum absolute atomic E-state index is 0.479. The summed E-state index contributed by atoms with van der Waals surface area (Å²) in [6, 6.07) is 4.49. The summed E-state index contributed by atoms with van der Waals surface area (Å²) in [5.41, 5.74) is 9.00. The number of hydrogen-bond acceptors (Lipinski definition) is 3. The van der Waals surface area contributed by atoms with Gasteiger partial charge >= 0.3 is 0 Å². The van der Waals surface area contributed by atoms with E-state index in [1.807, 2.05) is 19.1 Å². The Kier molecular flexibility index (Phi) is 2.94. The Morgan fingerprint density at radius 1 is 1.11 bits per heavy atom. The molecular weight excluding hydrogens is 224 g/mol. The molecule has 3 rings (SSSR count). The number of rotatable bonds is 1. The fourth-order valence-electron chi connectivity index (χ4n) is 2.96. The van der Waals surface area contributed by atoms with Gasteiger partial charge in [0.05, 0.1) is 0 Å². The van der Waals surface area contributed by atoms with Crippen LogP contribution in [0.5, 0.6) is 0 Å². The molecule has 0 spiro atoms. The molecule has 4 nitrogen and oxygen atoms in total. The van der Waals surface area contributed by atoms with Gasteiger partial charge in [0, 0.05) is 11.7 Å². The third kappa shape index (κ3) is 1.96. The Bertz CT molecular complexity index is 550. The van der Waals surface area contributed by atoms with Crippen LogP contribution in [0.2, 0.25) is 0 Å². The number of nitrogens with two attached hydrogens (primary N) is 1. The smallest absolute Gasteiger partial charge is 0.202 e. The van der Waals surface area contributed by atoms with Crippen molar-refractivity contribution < 1.29 is 0 Å². The van der Waals surface area contributed by atoms with Crippen LogP contribution in [0.25, 0.3) is 11.2 Å². The maximum atomic E-state index is 6.10. The van der Waals surface area contributed by atoms with Crippen molar-refractivity contribution in [1.29, 1.82) is 0 Å². The Labute approximate surface area is 107 Å². The molecule has 2 aromatic heterocycles. The predicted molar refractivity (Wildman–Crippen MR) is 73.4 cm³/mol. The largest absolute Gasteiger partial charge is 0.369 e. The highest BCUT2D eigenvalue weighted by Gasteiger charge is 2.20. The number of aryl methyl sites for hydroxylation is 1. The molecule has 0 radical (unpaired) electrons. The van der Waals surface area contributed by atoms with E-state index in [0.717, 1.165) is 16.9 Å². The fraction of sp³-hybridized carbons (Fsp3) is 0.571. The molecule has 0 amide bonds. The van der Waals surface area contributed by atoms with Crippen LogP contribution in [0.3, 0.4) is 0 Å². The lowest BCUT2D eigenvalue weighted by molar-refractivity contribution is 0.457. The van der Waals surface area contributed by atoms with E-state index in [2.05, 4.69) is 14.5 Å². The Balaban J connectivity index is 2.08. The van der Waals surface area contributed by atoms with Gasteiger partial charge in [-0.3, -0.25) is 4.57 Å². The molecule has 0 unspecified atom stereocenters. The van der Waals surface area contributed by atoms with Crippen LogP contribution in [-0.2, 0) is 0 Å². The molecule has 0 bridgehead atoms. The lowest BCUT2D eigenvalue weighted by Gasteiger charge is -2.17. The van der Waals surface area contributed by atoms with Crippen molar-refractivity contribution in [3.8, 4) is 0 Å². The number of nitrogens with zero attached hydrogens (tertiary/aromatic N) is 3. The van der Waals surface area contributed by atoms with Crippen LogP contribution in [-0.4, -0.2) is 14.5 Å². The Hall–Kier alpha value is -1.58. The molecule has 4 heteroatoms. The quantitative estimate of drug-likeness (QED) is 0.784. The van der Waals surface area contributed by atoms with Crippen molar-refractivity contribution >= 4 is 17.1 Å². The van der Waals surface area contributed by atoms with Crippen LogP contribution in [0.1, 0.15) is 50.3 Å². The zero-order chi connectivity index (χ0) is 12.5. The number of nitrogen functional groups attached to an aromatic ring is 1. The number of hydrogen-bond donors (Lipinski definition) is 1. The van der Waals surface area contributed by atoms with Crippen LogP contribution >= 0.6 is 0 Å². The summed E-state index contributed by atoms with van der Waals surface area (Å²) < 4.78 is 2.16. The summed E-state index contributed by atoms with van der Waals surface area (Å²) in [6.07, 6.45) is 7.66. The van der Waals surface area contributed by atoms with E-state index in [-0.39, 0.29) is 0 Å². The highest BCUT2D eigenvalue weighted by molar-refractivity contribution is 5.74. The van der Waals surface area contributed by atoms with E-state index >= 15 is 0 Å². The monoisotopic (exact) mass is 244 g/mol. The van der Waals surface area contributed by atoms with Crippen molar-refractivity contribution in [3.05, 3.63) is 17.8 Å². The molecular formula is C14H20N4. The molecule has 18 heavy (non-hydrogen) atoms. The van der Waals surface area contributed by atoms with Crippen molar-refractivity contribution in [1.82, 2.24) is 14.5 Å². The Morgan fingerprint density at radius 3 is 2.56 bits per heavy atom. The first kappa shape index (κ1) is 11.5. The van der Waals surface area contributed by atoms with E-state index in [4.69, 9.17) is 5.73 Å². The van der Waals surface area contributed by atoms with Crippen molar-refractivity contribution in [2.24, 2.45) is 0 Å². The minimum atomic E-state index is 0.479. The lowest BCUT2D eigenvalue weighted by atomic mass is 10.1. The fourth-order valence-corrected chi connectivity index (χ4v) is 2.96. The first-order valence-corrected chi connectivity index (χ1v) is 6.87. The lowest BCUT2D eigenvalue weighted by Crippen LogP contribution is -2.12. The second kappa shape index (κ2) is 4.59. The maximum Gasteiger partial charge on any atom is 0.202 e. The van der Waals surface area contributed by atoms with Gasteiger partial charge in [-0.15, -0.1) is 0 Å². The molecule has 96 valence electrons. The first-order chi connectivity index (χ1) is 8.75. The Morgan fingerprint density at radius 2 is 1.83 bits per heavy atom. The molecule has 0 atom stereocenters. The number of pyridine rings is 1. The van der Waals surface area contributed by atoms with Gasteiger partial charge in [0.1, 0.15) is 5.52 Å². The molecule has 1 saturated carbocycles. The van der Waals surface area contributed by atoms with Crippen LogP contribution in [0.4, 0.5) is 5.95 Å². The van der Waals surface area contributed by atoms with Crippen molar-refractivity contribution in [3.63, 3.8) is 0 Å². The van der Waals surface area contributed by atoms with Crippen LogP contribution < -0.4 is 5.73 Å². The summed E-state index contributed by atoms with van der Waals surface area (Å²) in [5.74, 6) is 0.620. The summed E-state index contributed by atoms with van der Waals surface area (Å²) in [6.45, 7) is 2.01. The van der Waals surface area contributed by atoms with Gasteiger partial charge < -0.3 is 5.73 Å². The summed E-state index contributed by atoms with van der Waals surface area (Å²) in [4.78, 5) is 9.06. The second-order valence-corrected chi connectivity index (χ2v) is 5.28. The summed E-state index contributed by atoms with van der Waals surface area (Å²) >= 11 is 0. The van der Waals surface area contributed by atoms with Crippen LogP contribution in [0, 0.1) is 6.92 Å². The SMILES string of the molecule is Cc1ccc2nc(N)n(C3CCCCCC3)c2n1. The van der Waals surface area contributed by atoms with Gasteiger partial charge in [-0.25, -0.2) is 9.97 Å². The predicted octanol–water partition coefficient (Wildman–Crippen LogP) is 3.22. The standard InChI is InChI=1S/C14H20N4/c1-10-8-9-12-13(16-10)18(14(15)17-12)11-6-4-2-3-5-7-11/h8-9,11H,2-7H2,1H3,(H2,15,17). The molecule has 1 aliphatic rings. The molecule has 2 N–H and O–H groups in total. The van der Waals surface area contributed by atoms with E-state index in [9.17, 15) is 0 Å². The van der Waals surface area contributed by atoms with Gasteiger partial charge in [-0.1, -0.05) is 25.7 Å². The average molecular weight is 244 g/mol. The van der Waals surface area contributed by atoms with Gasteiger partial charge in [0.2, 0.25) is 5.95 Å². The molecule has 1 aliphatic carbocycles. The summed E-state index contributed by atoms with van der Waals surface area (Å²) in [5, 5.41) is 0. The van der Waals surface area contributed by atoms with Gasteiger partial charge in [-0.05, 0) is 31.9 Å². The molecule has 0 aromatic carbocycles. The molecule has 2 aromatic rings. The van der Waals surface area contributed by atoms with Gasteiger partial charge in [0.15, 0.2) is 5.65 Å². The normalized spacial score (nSPS) is 18.1. The minimum Gasteiger partial charge on any atom is -0.369 e. The van der Waals surface area contributed by atoms with Gasteiger partial charge in [0.25, 0.3) is 0 Å². The number of fused-ring (bicyclic) bond motifs is 1. The highest BCUT2D eigenvalue weighted by atomic mass is 15.2. The zero-order valence-corrected chi connectivity index (χ0v) is 10.9. The molecule has 1 fully saturated rings. The maximum absolute atomic E-state index is 6.10. The number of aromatic nitrogens is 3. The number of anilines is 1. The first-order valence-electron chi connectivity index (χ1n) is 6.87. The average Bonchev–Trinajstić information content (AvgIpc) is 2.55. The number of imidazole rings is 1. The van der Waals surface area contributed by atoms with E-state index in [1.165, 1.54) is 38.5 Å². The van der Waals surface area contributed by atoms with E-state index in [0.29, 0.717) is 12.0 Å². The zero-order valence-electron chi connectivity index (χ0n) is 10.9. The topological polar surface area (TPSA) is 56.7 Å². The summed E-state index contributed by atoms with van der Waals surface area (Å²) in [7, 11) is 0. The molecule has 0 saturated heterocycles. The van der Waals surface area contributed by atoms with Crippen molar-refractivity contribution in [2.75, 3.05) is 5.73 Å². The van der Waals surface area contributed by atoms with Crippen molar-refractivity contribution in [2.45, 2.75) is 51.5 Å². The third-order valence-electron chi connectivity index (χ3n) is 3.89. The second-order valence-electron chi connectivity index (χ2n) is 5.28. The third-order valence-corrected chi connectivity index (χ3v) is 3.89. The van der Waals surface area contributed by atoms with Gasteiger partial charge in [-0.2, -0.15) is 0 Å². The highest BCUT2D eigenvalue weighted by Crippen LogP contribution is 2.31. The molecule has 0 aliphatic heterocycles. The van der Waals surface area contributed by atoms with E-state index in [1.54, 1.807) is 0 Å². The van der Waals surface area contributed by atoms with E-state index < -0.39 is 0 Å².